The van der Waals surface area contributed by atoms with Gasteiger partial charge in [0.25, 0.3) is 5.56 Å². The quantitative estimate of drug-likeness (QED) is 0.889. The zero-order valence-corrected chi connectivity index (χ0v) is 11.1. The van der Waals surface area contributed by atoms with E-state index in [1.54, 1.807) is 19.4 Å². The molecular formula is C14H17N3O2. The summed E-state index contributed by atoms with van der Waals surface area (Å²) in [5.74, 6) is 1.18. The molecule has 0 aliphatic carbocycles. The molecule has 2 aromatic rings. The third-order valence-corrected chi connectivity index (χ3v) is 2.69. The van der Waals surface area contributed by atoms with E-state index in [-0.39, 0.29) is 5.56 Å². The van der Waals surface area contributed by atoms with Crippen molar-refractivity contribution in [3.05, 3.63) is 52.6 Å². The number of aromatic nitrogens is 2. The second-order valence-electron chi connectivity index (χ2n) is 4.13. The smallest absolute Gasteiger partial charge is 0.293 e. The van der Waals surface area contributed by atoms with Crippen LogP contribution < -0.4 is 15.6 Å². The number of rotatable bonds is 5. The number of hydrogen-bond acceptors (Lipinski definition) is 4. The first-order chi connectivity index (χ1) is 9.20. The Morgan fingerprint density at radius 3 is 3.05 bits per heavy atom. The lowest BCUT2D eigenvalue weighted by atomic mass is 10.2. The Bertz CT molecular complexity index is 608. The first-order valence-electron chi connectivity index (χ1n) is 6.18. The zero-order valence-electron chi connectivity index (χ0n) is 11.1. The van der Waals surface area contributed by atoms with E-state index >= 15 is 0 Å². The minimum Gasteiger partial charge on any atom is -0.494 e. The molecule has 0 unspecified atom stereocenters. The molecule has 1 aromatic carbocycles. The predicted molar refractivity (Wildman–Crippen MR) is 74.4 cm³/mol. The normalized spacial score (nSPS) is 10.2. The van der Waals surface area contributed by atoms with Crippen LogP contribution in [0.5, 0.6) is 5.75 Å². The molecule has 5 heteroatoms. The maximum Gasteiger partial charge on any atom is 0.293 e. The van der Waals surface area contributed by atoms with E-state index in [9.17, 15) is 4.79 Å². The van der Waals surface area contributed by atoms with Gasteiger partial charge in [0, 0.05) is 26.0 Å². The monoisotopic (exact) mass is 259 g/mol. The molecule has 0 spiro atoms. The van der Waals surface area contributed by atoms with Crippen molar-refractivity contribution >= 4 is 5.82 Å². The second kappa shape index (κ2) is 6.04. The first-order valence-corrected chi connectivity index (χ1v) is 6.18. The van der Waals surface area contributed by atoms with Crippen LogP contribution in [0.25, 0.3) is 0 Å². The van der Waals surface area contributed by atoms with Crippen molar-refractivity contribution in [1.29, 1.82) is 0 Å². The number of benzene rings is 1. The molecule has 0 bridgehead atoms. The van der Waals surface area contributed by atoms with Gasteiger partial charge >= 0.3 is 0 Å². The van der Waals surface area contributed by atoms with E-state index in [4.69, 9.17) is 4.74 Å². The van der Waals surface area contributed by atoms with Gasteiger partial charge in [0.05, 0.1) is 6.61 Å². The first kappa shape index (κ1) is 13.1. The Morgan fingerprint density at radius 1 is 1.42 bits per heavy atom. The average molecular weight is 259 g/mol. The lowest BCUT2D eigenvalue weighted by Crippen LogP contribution is -2.21. The average Bonchev–Trinajstić information content (AvgIpc) is 2.41. The molecule has 100 valence electrons. The largest absolute Gasteiger partial charge is 0.494 e. The van der Waals surface area contributed by atoms with E-state index in [2.05, 4.69) is 10.3 Å². The number of nitrogens with zero attached hydrogens (tertiary/aromatic N) is 2. The molecule has 0 saturated carbocycles. The third kappa shape index (κ3) is 3.34. The van der Waals surface area contributed by atoms with Gasteiger partial charge < -0.3 is 14.6 Å². The Labute approximate surface area is 111 Å². The topological polar surface area (TPSA) is 56.1 Å². The fourth-order valence-corrected chi connectivity index (χ4v) is 1.72. The summed E-state index contributed by atoms with van der Waals surface area (Å²) in [4.78, 5) is 15.8. The molecule has 0 radical (unpaired) electrons. The van der Waals surface area contributed by atoms with Crippen LogP contribution in [0.2, 0.25) is 0 Å². The van der Waals surface area contributed by atoms with Crippen LogP contribution in [0.3, 0.4) is 0 Å². The van der Waals surface area contributed by atoms with Gasteiger partial charge in [-0.15, -0.1) is 0 Å². The predicted octanol–water partition coefficient (Wildman–Crippen LogP) is 1.79. The lowest BCUT2D eigenvalue weighted by Gasteiger charge is -2.08. The molecule has 0 fully saturated rings. The van der Waals surface area contributed by atoms with Gasteiger partial charge in [-0.2, -0.15) is 0 Å². The number of ether oxygens (including phenoxy) is 1. The maximum atomic E-state index is 11.8. The molecular weight excluding hydrogens is 242 g/mol. The fourth-order valence-electron chi connectivity index (χ4n) is 1.72. The van der Waals surface area contributed by atoms with Crippen LogP contribution in [0.4, 0.5) is 5.82 Å². The minimum absolute atomic E-state index is 0.136. The van der Waals surface area contributed by atoms with Gasteiger partial charge in [0.15, 0.2) is 5.82 Å². The summed E-state index contributed by atoms with van der Waals surface area (Å²) in [5.41, 5.74) is 0.905. The number of aryl methyl sites for hydroxylation is 1. The minimum atomic E-state index is -0.136. The van der Waals surface area contributed by atoms with E-state index < -0.39 is 0 Å². The molecule has 1 aromatic heterocycles. The van der Waals surface area contributed by atoms with Crippen molar-refractivity contribution < 1.29 is 4.74 Å². The molecule has 5 nitrogen and oxygen atoms in total. The van der Waals surface area contributed by atoms with Crippen LogP contribution in [-0.4, -0.2) is 16.2 Å². The number of anilines is 1. The summed E-state index contributed by atoms with van der Waals surface area (Å²) in [6.45, 7) is 3.12. The third-order valence-electron chi connectivity index (χ3n) is 2.69. The van der Waals surface area contributed by atoms with Crippen LogP contribution in [0.1, 0.15) is 12.5 Å². The molecule has 1 N–H and O–H groups in total. The zero-order chi connectivity index (χ0) is 13.7. The van der Waals surface area contributed by atoms with Gasteiger partial charge in [0.2, 0.25) is 0 Å². The highest BCUT2D eigenvalue weighted by Gasteiger charge is 2.02. The van der Waals surface area contributed by atoms with Gasteiger partial charge in [0.1, 0.15) is 5.75 Å². The maximum absolute atomic E-state index is 11.8. The van der Waals surface area contributed by atoms with E-state index in [1.807, 2.05) is 31.2 Å². The molecule has 19 heavy (non-hydrogen) atoms. The lowest BCUT2D eigenvalue weighted by molar-refractivity contribution is 0.340. The van der Waals surface area contributed by atoms with Crippen LogP contribution >= 0.6 is 0 Å². The summed E-state index contributed by atoms with van der Waals surface area (Å²) in [6.07, 6.45) is 3.23. The second-order valence-corrected chi connectivity index (χ2v) is 4.13. The highest BCUT2D eigenvalue weighted by atomic mass is 16.5. The Hall–Kier alpha value is -2.30. The summed E-state index contributed by atoms with van der Waals surface area (Å²) >= 11 is 0. The molecule has 0 saturated heterocycles. The Morgan fingerprint density at radius 2 is 2.26 bits per heavy atom. The molecule has 2 rings (SSSR count). The summed E-state index contributed by atoms with van der Waals surface area (Å²) in [6, 6.07) is 7.76. The summed E-state index contributed by atoms with van der Waals surface area (Å²) in [5, 5.41) is 3.04. The standard InChI is InChI=1S/C14H17N3O2/c1-3-19-12-6-4-5-11(9-12)10-16-13-14(18)17(2)8-7-15-13/h4-9H,3,10H2,1-2H3,(H,15,16). The van der Waals surface area contributed by atoms with Crippen molar-refractivity contribution in [3.8, 4) is 5.75 Å². The Balaban J connectivity index is 2.08. The van der Waals surface area contributed by atoms with Gasteiger partial charge in [-0.25, -0.2) is 4.98 Å². The van der Waals surface area contributed by atoms with E-state index in [1.165, 1.54) is 4.57 Å². The summed E-state index contributed by atoms with van der Waals surface area (Å²) < 4.78 is 6.92. The molecule has 0 atom stereocenters. The van der Waals surface area contributed by atoms with Crippen molar-refractivity contribution in [2.75, 3.05) is 11.9 Å². The molecule has 1 heterocycles. The van der Waals surface area contributed by atoms with Crippen molar-refractivity contribution in [3.63, 3.8) is 0 Å². The Kier molecular flexibility index (Phi) is 4.18. The van der Waals surface area contributed by atoms with Crippen LogP contribution in [0, 0.1) is 0 Å². The SMILES string of the molecule is CCOc1cccc(CNc2nccn(C)c2=O)c1. The number of nitrogens with one attached hydrogen (secondary N) is 1. The number of hydrogen-bond donors (Lipinski definition) is 1. The molecule has 0 amide bonds. The molecule has 0 aliphatic heterocycles. The van der Waals surface area contributed by atoms with Gasteiger partial charge in [-0.1, -0.05) is 12.1 Å². The van der Waals surface area contributed by atoms with Crippen LogP contribution in [-0.2, 0) is 13.6 Å². The fraction of sp³-hybridized carbons (Fsp3) is 0.286. The molecule has 0 aliphatic rings. The van der Waals surface area contributed by atoms with Crippen LogP contribution in [0.15, 0.2) is 41.5 Å². The van der Waals surface area contributed by atoms with E-state index in [0.717, 1.165) is 11.3 Å². The summed E-state index contributed by atoms with van der Waals surface area (Å²) in [7, 11) is 1.70. The van der Waals surface area contributed by atoms with Crippen molar-refractivity contribution in [2.24, 2.45) is 7.05 Å². The van der Waals surface area contributed by atoms with E-state index in [0.29, 0.717) is 19.0 Å². The highest BCUT2D eigenvalue weighted by molar-refractivity contribution is 5.35. The van der Waals surface area contributed by atoms with Crippen molar-refractivity contribution in [1.82, 2.24) is 9.55 Å². The van der Waals surface area contributed by atoms with Gasteiger partial charge in [-0.05, 0) is 24.6 Å². The van der Waals surface area contributed by atoms with Gasteiger partial charge in [-0.3, -0.25) is 4.79 Å². The van der Waals surface area contributed by atoms with Crippen molar-refractivity contribution in [2.45, 2.75) is 13.5 Å². The highest BCUT2D eigenvalue weighted by Crippen LogP contribution is 2.13.